The first-order valence-electron chi connectivity index (χ1n) is 6.99. The van der Waals surface area contributed by atoms with Crippen LogP contribution in [0.5, 0.6) is 0 Å². The van der Waals surface area contributed by atoms with Crippen molar-refractivity contribution in [1.29, 1.82) is 0 Å². The van der Waals surface area contributed by atoms with Crippen molar-refractivity contribution in [2.24, 2.45) is 0 Å². The summed E-state index contributed by atoms with van der Waals surface area (Å²) in [5, 5.41) is 3.03. The molecule has 21 heavy (non-hydrogen) atoms. The molecule has 2 nitrogen and oxygen atoms in total. The lowest BCUT2D eigenvalue weighted by Crippen LogP contribution is -2.19. The molecule has 2 aromatic rings. The van der Waals surface area contributed by atoms with E-state index in [2.05, 4.69) is 44.8 Å². The molecule has 110 valence electrons. The first-order chi connectivity index (χ1) is 9.79. The topological polar surface area (TPSA) is 29.1 Å². The zero-order valence-corrected chi connectivity index (χ0v) is 13.8. The maximum Gasteiger partial charge on any atom is 0.255 e. The lowest BCUT2D eigenvalue weighted by atomic mass is 9.86. The minimum absolute atomic E-state index is 0.0235. The molecule has 0 aliphatic heterocycles. The van der Waals surface area contributed by atoms with E-state index in [1.807, 2.05) is 37.3 Å². The fourth-order valence-electron chi connectivity index (χ4n) is 2.29. The third kappa shape index (κ3) is 3.67. The van der Waals surface area contributed by atoms with E-state index in [9.17, 15) is 4.79 Å². The van der Waals surface area contributed by atoms with Gasteiger partial charge in [-0.2, -0.15) is 0 Å². The summed E-state index contributed by atoms with van der Waals surface area (Å²) in [6.07, 6.45) is 0. The van der Waals surface area contributed by atoms with Gasteiger partial charge in [0.2, 0.25) is 0 Å². The van der Waals surface area contributed by atoms with Crippen molar-refractivity contribution in [2.75, 3.05) is 5.32 Å². The van der Waals surface area contributed by atoms with E-state index in [0.29, 0.717) is 5.56 Å². The molecular weight excluding hydrogens is 278 g/mol. The standard InChI is InChI=1S/C18H21NOS/c1-12-9-10-13(21)11-14(12)17(20)19-16-8-6-5-7-15(16)18(2,3)4/h5-11,21H,1-4H3,(H,19,20). The van der Waals surface area contributed by atoms with Crippen LogP contribution in [0.15, 0.2) is 47.4 Å². The molecule has 0 aliphatic rings. The Hall–Kier alpha value is -1.74. The zero-order chi connectivity index (χ0) is 15.6. The Morgan fingerprint density at radius 2 is 1.76 bits per heavy atom. The Morgan fingerprint density at radius 3 is 2.43 bits per heavy atom. The summed E-state index contributed by atoms with van der Waals surface area (Å²) in [6.45, 7) is 8.34. The van der Waals surface area contributed by atoms with E-state index in [-0.39, 0.29) is 11.3 Å². The first-order valence-corrected chi connectivity index (χ1v) is 7.44. The predicted octanol–water partition coefficient (Wildman–Crippen LogP) is 4.83. The second-order valence-electron chi connectivity index (χ2n) is 6.25. The number of para-hydroxylation sites is 1. The SMILES string of the molecule is Cc1ccc(S)cc1C(=O)Nc1ccccc1C(C)(C)C. The van der Waals surface area contributed by atoms with E-state index in [4.69, 9.17) is 0 Å². The van der Waals surface area contributed by atoms with Gasteiger partial charge in [0, 0.05) is 16.1 Å². The van der Waals surface area contributed by atoms with E-state index in [1.165, 1.54) is 0 Å². The number of benzene rings is 2. The molecule has 0 radical (unpaired) electrons. The van der Waals surface area contributed by atoms with Crippen LogP contribution in [0.4, 0.5) is 5.69 Å². The Balaban J connectivity index is 2.35. The number of nitrogens with one attached hydrogen (secondary N) is 1. The van der Waals surface area contributed by atoms with E-state index < -0.39 is 0 Å². The number of hydrogen-bond acceptors (Lipinski definition) is 2. The first kappa shape index (κ1) is 15.6. The minimum Gasteiger partial charge on any atom is -0.322 e. The highest BCUT2D eigenvalue weighted by molar-refractivity contribution is 7.80. The third-order valence-corrected chi connectivity index (χ3v) is 3.73. The molecule has 1 N–H and O–H groups in total. The van der Waals surface area contributed by atoms with Gasteiger partial charge in [-0.25, -0.2) is 0 Å². The molecule has 0 aliphatic carbocycles. The van der Waals surface area contributed by atoms with Crippen LogP contribution in [0.2, 0.25) is 0 Å². The molecule has 2 aromatic carbocycles. The number of anilines is 1. The molecular formula is C18H21NOS. The molecule has 0 saturated carbocycles. The average Bonchev–Trinajstić information content (AvgIpc) is 2.41. The third-order valence-electron chi connectivity index (χ3n) is 3.45. The Labute approximate surface area is 132 Å². The quantitative estimate of drug-likeness (QED) is 0.764. The van der Waals surface area contributed by atoms with Gasteiger partial charge in [-0.3, -0.25) is 4.79 Å². The molecule has 0 spiro atoms. The summed E-state index contributed by atoms with van der Waals surface area (Å²) in [6, 6.07) is 13.5. The van der Waals surface area contributed by atoms with Gasteiger partial charge in [0.1, 0.15) is 0 Å². The van der Waals surface area contributed by atoms with Crippen LogP contribution in [-0.4, -0.2) is 5.91 Å². The van der Waals surface area contributed by atoms with Crippen molar-refractivity contribution in [3.05, 3.63) is 59.2 Å². The molecule has 2 rings (SSSR count). The summed E-state index contributed by atoms with van der Waals surface area (Å²) >= 11 is 4.31. The van der Waals surface area contributed by atoms with Crippen LogP contribution in [0, 0.1) is 6.92 Å². The molecule has 0 unspecified atom stereocenters. The second-order valence-corrected chi connectivity index (χ2v) is 6.77. The number of carbonyl (C=O) groups excluding carboxylic acids is 1. The molecule has 0 atom stereocenters. The Kier molecular flexibility index (Phi) is 4.43. The molecule has 0 heterocycles. The van der Waals surface area contributed by atoms with Gasteiger partial charge >= 0.3 is 0 Å². The molecule has 0 bridgehead atoms. The van der Waals surface area contributed by atoms with Crippen molar-refractivity contribution >= 4 is 24.2 Å². The Bertz CT molecular complexity index is 671. The monoisotopic (exact) mass is 299 g/mol. The molecule has 0 saturated heterocycles. The normalized spacial score (nSPS) is 11.3. The van der Waals surface area contributed by atoms with Gasteiger partial charge in [-0.15, -0.1) is 12.6 Å². The smallest absolute Gasteiger partial charge is 0.255 e. The largest absolute Gasteiger partial charge is 0.322 e. The highest BCUT2D eigenvalue weighted by atomic mass is 32.1. The number of carbonyl (C=O) groups is 1. The summed E-state index contributed by atoms with van der Waals surface area (Å²) < 4.78 is 0. The van der Waals surface area contributed by atoms with Crippen LogP contribution in [-0.2, 0) is 5.41 Å². The van der Waals surface area contributed by atoms with Gasteiger partial charge in [0.05, 0.1) is 0 Å². The number of rotatable bonds is 2. The van der Waals surface area contributed by atoms with Gasteiger partial charge < -0.3 is 5.32 Å². The number of hydrogen-bond donors (Lipinski definition) is 2. The Morgan fingerprint density at radius 1 is 1.10 bits per heavy atom. The zero-order valence-electron chi connectivity index (χ0n) is 12.9. The lowest BCUT2D eigenvalue weighted by molar-refractivity contribution is 0.102. The van der Waals surface area contributed by atoms with Crippen molar-refractivity contribution in [3.63, 3.8) is 0 Å². The van der Waals surface area contributed by atoms with Crippen molar-refractivity contribution < 1.29 is 4.79 Å². The number of aryl methyl sites for hydroxylation is 1. The average molecular weight is 299 g/mol. The lowest BCUT2D eigenvalue weighted by Gasteiger charge is -2.23. The molecule has 3 heteroatoms. The summed E-state index contributed by atoms with van der Waals surface area (Å²) in [4.78, 5) is 13.3. The highest BCUT2D eigenvalue weighted by Crippen LogP contribution is 2.29. The summed E-state index contributed by atoms with van der Waals surface area (Å²) in [5.41, 5.74) is 3.56. The van der Waals surface area contributed by atoms with Crippen LogP contribution < -0.4 is 5.32 Å². The van der Waals surface area contributed by atoms with Gasteiger partial charge in [-0.05, 0) is 41.7 Å². The van der Waals surface area contributed by atoms with Gasteiger partial charge in [-0.1, -0.05) is 45.0 Å². The van der Waals surface area contributed by atoms with Gasteiger partial charge in [0.15, 0.2) is 0 Å². The molecule has 0 fully saturated rings. The predicted molar refractivity (Wildman–Crippen MR) is 91.5 cm³/mol. The van der Waals surface area contributed by atoms with Crippen LogP contribution in [0.3, 0.4) is 0 Å². The summed E-state index contributed by atoms with van der Waals surface area (Å²) in [7, 11) is 0. The number of thiol groups is 1. The highest BCUT2D eigenvalue weighted by Gasteiger charge is 2.19. The van der Waals surface area contributed by atoms with E-state index >= 15 is 0 Å². The van der Waals surface area contributed by atoms with Gasteiger partial charge in [0.25, 0.3) is 5.91 Å². The minimum atomic E-state index is -0.0971. The van der Waals surface area contributed by atoms with Crippen molar-refractivity contribution in [2.45, 2.75) is 38.0 Å². The van der Waals surface area contributed by atoms with Crippen LogP contribution in [0.1, 0.15) is 42.3 Å². The maximum atomic E-state index is 12.5. The van der Waals surface area contributed by atoms with Crippen molar-refractivity contribution in [1.82, 2.24) is 0 Å². The van der Waals surface area contributed by atoms with E-state index in [0.717, 1.165) is 21.7 Å². The fourth-order valence-corrected chi connectivity index (χ4v) is 2.49. The molecule has 0 aromatic heterocycles. The van der Waals surface area contributed by atoms with Crippen LogP contribution in [0.25, 0.3) is 0 Å². The van der Waals surface area contributed by atoms with Crippen LogP contribution >= 0.6 is 12.6 Å². The summed E-state index contributed by atoms with van der Waals surface area (Å²) in [5.74, 6) is -0.0971. The second kappa shape index (κ2) is 5.94. The fraction of sp³-hybridized carbons (Fsp3) is 0.278. The molecule has 1 amide bonds. The number of amides is 1. The maximum absolute atomic E-state index is 12.5. The van der Waals surface area contributed by atoms with Crippen molar-refractivity contribution in [3.8, 4) is 0 Å². The van der Waals surface area contributed by atoms with E-state index in [1.54, 1.807) is 6.07 Å².